The van der Waals surface area contributed by atoms with Gasteiger partial charge >= 0.3 is 0 Å². The highest BCUT2D eigenvalue weighted by molar-refractivity contribution is 9.10. The average Bonchev–Trinajstić information content (AvgIpc) is 2.06. The van der Waals surface area contributed by atoms with E-state index >= 15 is 0 Å². The van der Waals surface area contributed by atoms with E-state index in [1.165, 1.54) is 6.07 Å². The largest absolute Gasteiger partial charge is 0.489 e. The zero-order valence-corrected chi connectivity index (χ0v) is 8.84. The van der Waals surface area contributed by atoms with Gasteiger partial charge in [-0.05, 0) is 25.1 Å². The third-order valence-corrected chi connectivity index (χ3v) is 1.89. The SMILES string of the molecule is CC(N)COc1cc(Br)ccc1F. The Morgan fingerprint density at radius 1 is 1.62 bits per heavy atom. The van der Waals surface area contributed by atoms with Crippen LogP contribution in [-0.2, 0) is 0 Å². The molecule has 1 aromatic rings. The average molecular weight is 248 g/mol. The van der Waals surface area contributed by atoms with Crippen molar-refractivity contribution in [3.8, 4) is 5.75 Å². The van der Waals surface area contributed by atoms with E-state index in [1.54, 1.807) is 19.1 Å². The maximum Gasteiger partial charge on any atom is 0.165 e. The molecular weight excluding hydrogens is 237 g/mol. The molecule has 0 aliphatic rings. The van der Waals surface area contributed by atoms with Gasteiger partial charge in [0.05, 0.1) is 0 Å². The smallest absolute Gasteiger partial charge is 0.165 e. The first-order valence-corrected chi connectivity index (χ1v) is 4.72. The molecule has 0 radical (unpaired) electrons. The predicted octanol–water partition coefficient (Wildman–Crippen LogP) is 2.31. The van der Waals surface area contributed by atoms with Crippen molar-refractivity contribution in [2.24, 2.45) is 5.73 Å². The van der Waals surface area contributed by atoms with Crippen LogP contribution in [0.2, 0.25) is 0 Å². The number of nitrogens with two attached hydrogens (primary N) is 1. The van der Waals surface area contributed by atoms with Crippen molar-refractivity contribution in [1.82, 2.24) is 0 Å². The van der Waals surface area contributed by atoms with Crippen LogP contribution in [-0.4, -0.2) is 12.6 Å². The van der Waals surface area contributed by atoms with Crippen LogP contribution in [0.25, 0.3) is 0 Å². The van der Waals surface area contributed by atoms with E-state index in [1.807, 2.05) is 0 Å². The Morgan fingerprint density at radius 2 is 2.31 bits per heavy atom. The summed E-state index contributed by atoms with van der Waals surface area (Å²) in [5.41, 5.74) is 5.47. The molecule has 72 valence electrons. The van der Waals surface area contributed by atoms with Crippen LogP contribution >= 0.6 is 15.9 Å². The fourth-order valence-electron chi connectivity index (χ4n) is 0.809. The highest BCUT2D eigenvalue weighted by Gasteiger charge is 2.04. The number of hydrogen-bond donors (Lipinski definition) is 1. The van der Waals surface area contributed by atoms with Crippen LogP contribution in [0.3, 0.4) is 0 Å². The van der Waals surface area contributed by atoms with Gasteiger partial charge in [-0.15, -0.1) is 0 Å². The standard InChI is InChI=1S/C9H11BrFNO/c1-6(12)5-13-9-4-7(10)2-3-8(9)11/h2-4,6H,5,12H2,1H3. The molecule has 0 aliphatic heterocycles. The Labute approximate surface area is 85.0 Å². The molecule has 2 nitrogen and oxygen atoms in total. The van der Waals surface area contributed by atoms with Gasteiger partial charge in [0, 0.05) is 10.5 Å². The van der Waals surface area contributed by atoms with Crippen LogP contribution in [0.15, 0.2) is 22.7 Å². The van der Waals surface area contributed by atoms with E-state index in [0.717, 1.165) is 4.47 Å². The molecule has 4 heteroatoms. The third kappa shape index (κ3) is 3.32. The molecular formula is C9H11BrFNO. The first kappa shape index (κ1) is 10.5. The monoisotopic (exact) mass is 247 g/mol. The zero-order chi connectivity index (χ0) is 9.84. The first-order chi connectivity index (χ1) is 6.09. The minimum atomic E-state index is -0.371. The summed E-state index contributed by atoms with van der Waals surface area (Å²) in [7, 11) is 0. The highest BCUT2D eigenvalue weighted by Crippen LogP contribution is 2.22. The van der Waals surface area contributed by atoms with E-state index in [-0.39, 0.29) is 17.6 Å². The van der Waals surface area contributed by atoms with E-state index in [0.29, 0.717) is 6.61 Å². The molecule has 0 bridgehead atoms. The molecule has 0 aromatic heterocycles. The second-order valence-electron chi connectivity index (χ2n) is 2.86. The van der Waals surface area contributed by atoms with Gasteiger partial charge in [0.25, 0.3) is 0 Å². The number of halogens is 2. The molecule has 13 heavy (non-hydrogen) atoms. The van der Waals surface area contributed by atoms with E-state index in [2.05, 4.69) is 15.9 Å². The lowest BCUT2D eigenvalue weighted by atomic mass is 10.3. The summed E-state index contributed by atoms with van der Waals surface area (Å²) in [6, 6.07) is 4.45. The van der Waals surface area contributed by atoms with Crippen molar-refractivity contribution >= 4 is 15.9 Å². The van der Waals surface area contributed by atoms with Crippen molar-refractivity contribution in [2.45, 2.75) is 13.0 Å². The van der Waals surface area contributed by atoms with Gasteiger partial charge in [0.1, 0.15) is 6.61 Å². The Morgan fingerprint density at radius 3 is 2.92 bits per heavy atom. The van der Waals surface area contributed by atoms with Gasteiger partial charge in [0.2, 0.25) is 0 Å². The molecule has 1 unspecified atom stereocenters. The van der Waals surface area contributed by atoms with Crippen molar-refractivity contribution in [3.05, 3.63) is 28.5 Å². The van der Waals surface area contributed by atoms with Crippen molar-refractivity contribution in [3.63, 3.8) is 0 Å². The summed E-state index contributed by atoms with van der Waals surface area (Å²) in [6.45, 7) is 2.11. The van der Waals surface area contributed by atoms with Gasteiger partial charge < -0.3 is 10.5 Å². The summed E-state index contributed by atoms with van der Waals surface area (Å²) < 4.78 is 19.0. The van der Waals surface area contributed by atoms with Crippen molar-refractivity contribution < 1.29 is 9.13 Å². The fourth-order valence-corrected chi connectivity index (χ4v) is 1.15. The van der Waals surface area contributed by atoms with Crippen molar-refractivity contribution in [2.75, 3.05) is 6.61 Å². The van der Waals surface area contributed by atoms with Crippen LogP contribution in [0.4, 0.5) is 4.39 Å². The van der Waals surface area contributed by atoms with Crippen LogP contribution in [0, 0.1) is 5.82 Å². The van der Waals surface area contributed by atoms with Gasteiger partial charge in [-0.25, -0.2) is 4.39 Å². The third-order valence-electron chi connectivity index (χ3n) is 1.39. The van der Waals surface area contributed by atoms with Gasteiger partial charge in [-0.1, -0.05) is 15.9 Å². The molecule has 0 saturated carbocycles. The van der Waals surface area contributed by atoms with Gasteiger partial charge in [-0.3, -0.25) is 0 Å². The van der Waals surface area contributed by atoms with Crippen LogP contribution in [0.5, 0.6) is 5.75 Å². The second-order valence-corrected chi connectivity index (χ2v) is 3.78. The summed E-state index contributed by atoms with van der Waals surface area (Å²) in [5, 5.41) is 0. The molecule has 1 atom stereocenters. The zero-order valence-electron chi connectivity index (χ0n) is 7.26. The maximum atomic E-state index is 13.0. The lowest BCUT2D eigenvalue weighted by molar-refractivity contribution is 0.282. The highest BCUT2D eigenvalue weighted by atomic mass is 79.9. The lowest BCUT2D eigenvalue weighted by Crippen LogP contribution is -2.23. The van der Waals surface area contributed by atoms with Crippen LogP contribution in [0.1, 0.15) is 6.92 Å². The molecule has 0 fully saturated rings. The molecule has 1 aromatic carbocycles. The summed E-state index contributed by atoms with van der Waals surface area (Å²) in [4.78, 5) is 0. The van der Waals surface area contributed by atoms with Crippen LogP contribution < -0.4 is 10.5 Å². The second kappa shape index (κ2) is 4.58. The van der Waals surface area contributed by atoms with E-state index < -0.39 is 0 Å². The summed E-state index contributed by atoms with van der Waals surface area (Å²) in [5.74, 6) is -0.143. The Kier molecular flexibility index (Phi) is 3.69. The summed E-state index contributed by atoms with van der Waals surface area (Å²) >= 11 is 3.23. The topological polar surface area (TPSA) is 35.2 Å². The molecule has 2 N–H and O–H groups in total. The molecule has 1 rings (SSSR count). The molecule has 0 amide bonds. The summed E-state index contributed by atoms with van der Waals surface area (Å²) in [6.07, 6.45) is 0. The Balaban J connectivity index is 2.70. The molecule has 0 aliphatic carbocycles. The molecule has 0 spiro atoms. The molecule has 0 heterocycles. The minimum Gasteiger partial charge on any atom is -0.489 e. The Bertz CT molecular complexity index is 291. The molecule has 0 saturated heterocycles. The Hall–Kier alpha value is -0.610. The minimum absolute atomic E-state index is 0.0987. The number of ether oxygens (including phenoxy) is 1. The van der Waals surface area contributed by atoms with E-state index in [4.69, 9.17) is 10.5 Å². The first-order valence-electron chi connectivity index (χ1n) is 3.93. The number of benzene rings is 1. The number of hydrogen-bond acceptors (Lipinski definition) is 2. The number of rotatable bonds is 3. The van der Waals surface area contributed by atoms with Gasteiger partial charge in [-0.2, -0.15) is 0 Å². The fraction of sp³-hybridized carbons (Fsp3) is 0.333. The van der Waals surface area contributed by atoms with Crippen molar-refractivity contribution in [1.29, 1.82) is 0 Å². The quantitative estimate of drug-likeness (QED) is 0.890. The van der Waals surface area contributed by atoms with Gasteiger partial charge in [0.15, 0.2) is 11.6 Å². The lowest BCUT2D eigenvalue weighted by Gasteiger charge is -2.09. The normalized spacial score (nSPS) is 12.6. The van der Waals surface area contributed by atoms with E-state index in [9.17, 15) is 4.39 Å². The predicted molar refractivity (Wildman–Crippen MR) is 53.2 cm³/mol. The maximum absolute atomic E-state index is 13.0.